The van der Waals surface area contributed by atoms with Crippen molar-refractivity contribution in [3.63, 3.8) is 0 Å². The van der Waals surface area contributed by atoms with E-state index in [1.165, 1.54) is 9.87 Å². The predicted molar refractivity (Wildman–Crippen MR) is 158 cm³/mol. The lowest BCUT2D eigenvalue weighted by atomic mass is 9.74. The number of anilines is 1. The number of hydrogen-bond donors (Lipinski definition) is 1. The number of nitrogens with one attached hydrogen (secondary N) is 1. The van der Waals surface area contributed by atoms with Crippen LogP contribution < -0.4 is 9.62 Å². The zero-order chi connectivity index (χ0) is 28.0. The molecule has 0 unspecified atom stereocenters. The van der Waals surface area contributed by atoms with Gasteiger partial charge in [0.15, 0.2) is 0 Å². The summed E-state index contributed by atoms with van der Waals surface area (Å²) in [4.78, 5) is 14.0. The molecule has 7 heteroatoms. The average molecular weight is 555 g/mol. The van der Waals surface area contributed by atoms with Crippen LogP contribution in [0.25, 0.3) is 0 Å². The molecule has 0 saturated carbocycles. The summed E-state index contributed by atoms with van der Waals surface area (Å²) in [6.45, 7) is 3.68. The third kappa shape index (κ3) is 5.96. The lowest BCUT2D eigenvalue weighted by molar-refractivity contribution is 0.0487. The van der Waals surface area contributed by atoms with Crippen LogP contribution in [0.5, 0.6) is 0 Å². The lowest BCUT2D eigenvalue weighted by Gasteiger charge is -2.38. The van der Waals surface area contributed by atoms with Crippen LogP contribution >= 0.6 is 0 Å². The number of para-hydroxylation sites is 1. The maximum absolute atomic E-state index is 14.0. The highest BCUT2D eigenvalue weighted by Crippen LogP contribution is 2.35. The van der Waals surface area contributed by atoms with E-state index in [2.05, 4.69) is 17.4 Å². The number of aryl methyl sites for hydroxylation is 1. The van der Waals surface area contributed by atoms with E-state index in [4.69, 9.17) is 4.74 Å². The first-order valence-corrected chi connectivity index (χ1v) is 15.0. The second kappa shape index (κ2) is 12.1. The van der Waals surface area contributed by atoms with E-state index in [9.17, 15) is 13.2 Å². The highest BCUT2D eigenvalue weighted by Gasteiger charge is 2.35. The zero-order valence-corrected chi connectivity index (χ0v) is 23.4. The monoisotopic (exact) mass is 554 g/mol. The highest BCUT2D eigenvalue weighted by molar-refractivity contribution is 7.92. The summed E-state index contributed by atoms with van der Waals surface area (Å²) in [5, 5.41) is 3.15. The van der Waals surface area contributed by atoms with Gasteiger partial charge in [-0.25, -0.2) is 8.42 Å². The maximum atomic E-state index is 14.0. The number of carbonyl (C=O) groups is 1. The Morgan fingerprint density at radius 1 is 0.825 bits per heavy atom. The first kappa shape index (κ1) is 27.6. The summed E-state index contributed by atoms with van der Waals surface area (Å²) in [7, 11) is -3.98. The third-order valence-corrected chi connectivity index (χ3v) is 9.39. The zero-order valence-electron chi connectivity index (χ0n) is 22.6. The van der Waals surface area contributed by atoms with Gasteiger partial charge in [0.05, 0.1) is 22.7 Å². The molecule has 6 nitrogen and oxygen atoms in total. The number of carbonyl (C=O) groups excluding carboxylic acids is 1. The molecule has 206 valence electrons. The van der Waals surface area contributed by atoms with Gasteiger partial charge in [-0.2, -0.15) is 0 Å². The minimum atomic E-state index is -3.98. The van der Waals surface area contributed by atoms with Crippen molar-refractivity contribution >= 4 is 21.6 Å². The molecule has 1 heterocycles. The Balaban J connectivity index is 1.49. The quantitative estimate of drug-likeness (QED) is 0.281. The number of sulfonamides is 1. The molecule has 0 bridgehead atoms. The van der Waals surface area contributed by atoms with Crippen molar-refractivity contribution in [1.82, 2.24) is 5.32 Å². The van der Waals surface area contributed by atoms with Crippen LogP contribution in [-0.4, -0.2) is 34.1 Å². The van der Waals surface area contributed by atoms with Gasteiger partial charge < -0.3 is 10.1 Å². The van der Waals surface area contributed by atoms with Gasteiger partial charge in [0.1, 0.15) is 0 Å². The number of ether oxygens (including phenoxy) is 1. The number of amides is 1. The molecule has 1 N–H and O–H groups in total. The average Bonchev–Trinajstić information content (AvgIpc) is 3.00. The summed E-state index contributed by atoms with van der Waals surface area (Å²) in [6.07, 6.45) is 1.59. The van der Waals surface area contributed by atoms with Crippen molar-refractivity contribution in [2.24, 2.45) is 0 Å². The highest BCUT2D eigenvalue weighted by atomic mass is 32.2. The molecule has 0 radical (unpaired) electrons. The minimum absolute atomic E-state index is 0.0899. The molecule has 4 aromatic carbocycles. The standard InChI is InChI=1S/C33H34N2O4S/c1-26-16-18-29(19-17-26)40(37,38)35(24-27-10-4-2-5-11-27)31-15-9-8-14-30(31)32(36)34-25-33(20-22-39-23-21-33)28-12-6-3-7-13-28/h2-19H,20-25H2,1H3,(H,34,36). The lowest BCUT2D eigenvalue weighted by Crippen LogP contribution is -2.45. The molecular weight excluding hydrogens is 520 g/mol. The molecule has 0 spiro atoms. The van der Waals surface area contributed by atoms with E-state index < -0.39 is 10.0 Å². The molecule has 0 aliphatic carbocycles. The van der Waals surface area contributed by atoms with Gasteiger partial charge in [0, 0.05) is 25.2 Å². The Hall–Kier alpha value is -3.94. The largest absolute Gasteiger partial charge is 0.381 e. The fourth-order valence-corrected chi connectivity index (χ4v) is 6.71. The minimum Gasteiger partial charge on any atom is -0.381 e. The molecule has 5 rings (SSSR count). The normalized spacial score (nSPS) is 14.8. The predicted octanol–water partition coefficient (Wildman–Crippen LogP) is 5.87. The van der Waals surface area contributed by atoms with Gasteiger partial charge in [-0.3, -0.25) is 9.10 Å². The molecule has 1 aliphatic rings. The van der Waals surface area contributed by atoms with E-state index in [-0.39, 0.29) is 22.8 Å². The van der Waals surface area contributed by atoms with Gasteiger partial charge in [-0.15, -0.1) is 0 Å². The summed E-state index contributed by atoms with van der Waals surface area (Å²) in [5.41, 5.74) is 3.35. The second-order valence-electron chi connectivity index (χ2n) is 10.3. The van der Waals surface area contributed by atoms with Crippen LogP contribution in [0, 0.1) is 6.92 Å². The Labute approximate surface area is 236 Å². The first-order chi connectivity index (χ1) is 19.4. The second-order valence-corrected chi connectivity index (χ2v) is 12.1. The van der Waals surface area contributed by atoms with Crippen molar-refractivity contribution in [3.05, 3.63) is 131 Å². The van der Waals surface area contributed by atoms with E-state index in [0.29, 0.717) is 31.0 Å². The topological polar surface area (TPSA) is 75.7 Å². The van der Waals surface area contributed by atoms with Gasteiger partial charge in [0.2, 0.25) is 0 Å². The maximum Gasteiger partial charge on any atom is 0.264 e. The fourth-order valence-electron chi connectivity index (χ4n) is 5.24. The van der Waals surface area contributed by atoms with E-state index in [0.717, 1.165) is 24.0 Å². The number of hydrogen-bond acceptors (Lipinski definition) is 4. The van der Waals surface area contributed by atoms with Crippen LogP contribution in [-0.2, 0) is 26.7 Å². The SMILES string of the molecule is Cc1ccc(S(=O)(=O)N(Cc2ccccc2)c2ccccc2C(=O)NCC2(c3ccccc3)CCOCC2)cc1. The molecule has 1 amide bonds. The van der Waals surface area contributed by atoms with Gasteiger partial charge >= 0.3 is 0 Å². The molecule has 1 fully saturated rings. The van der Waals surface area contributed by atoms with E-state index >= 15 is 0 Å². The summed E-state index contributed by atoms with van der Waals surface area (Å²) in [5.74, 6) is -0.311. The number of rotatable bonds is 9. The van der Waals surface area contributed by atoms with Crippen LogP contribution in [0.15, 0.2) is 114 Å². The molecule has 1 saturated heterocycles. The Bertz CT molecular complexity index is 1530. The van der Waals surface area contributed by atoms with Crippen LogP contribution in [0.1, 0.15) is 39.9 Å². The first-order valence-electron chi connectivity index (χ1n) is 13.5. The molecule has 1 aliphatic heterocycles. The molecular formula is C33H34N2O4S. The van der Waals surface area contributed by atoms with Crippen LogP contribution in [0.3, 0.4) is 0 Å². The van der Waals surface area contributed by atoms with Crippen molar-refractivity contribution < 1.29 is 17.9 Å². The van der Waals surface area contributed by atoms with Gasteiger partial charge in [-0.1, -0.05) is 90.5 Å². The summed E-state index contributed by atoms with van der Waals surface area (Å²) >= 11 is 0. The number of benzene rings is 4. The fraction of sp³-hybridized carbons (Fsp3) is 0.242. The van der Waals surface area contributed by atoms with Gasteiger partial charge in [-0.05, 0) is 55.2 Å². The van der Waals surface area contributed by atoms with Crippen LogP contribution in [0.4, 0.5) is 5.69 Å². The molecule has 40 heavy (non-hydrogen) atoms. The van der Waals surface area contributed by atoms with Crippen LogP contribution in [0.2, 0.25) is 0 Å². The molecule has 0 aromatic heterocycles. The Morgan fingerprint density at radius 3 is 2.10 bits per heavy atom. The van der Waals surface area contributed by atoms with Crippen molar-refractivity contribution in [2.45, 2.75) is 36.6 Å². The van der Waals surface area contributed by atoms with Crippen molar-refractivity contribution in [3.8, 4) is 0 Å². The summed E-state index contributed by atoms with van der Waals surface area (Å²) in [6, 6.07) is 33.3. The molecule has 4 aromatic rings. The Kier molecular flexibility index (Phi) is 8.33. The number of nitrogens with zero attached hydrogens (tertiary/aromatic N) is 1. The Morgan fingerprint density at radius 2 is 1.43 bits per heavy atom. The van der Waals surface area contributed by atoms with E-state index in [1.807, 2.05) is 55.5 Å². The molecule has 0 atom stereocenters. The van der Waals surface area contributed by atoms with E-state index in [1.54, 1.807) is 48.5 Å². The smallest absolute Gasteiger partial charge is 0.264 e. The van der Waals surface area contributed by atoms with Crippen molar-refractivity contribution in [1.29, 1.82) is 0 Å². The van der Waals surface area contributed by atoms with Crippen molar-refractivity contribution in [2.75, 3.05) is 24.1 Å². The third-order valence-electron chi connectivity index (χ3n) is 7.62. The summed E-state index contributed by atoms with van der Waals surface area (Å²) < 4.78 is 35.1. The van der Waals surface area contributed by atoms with Gasteiger partial charge in [0.25, 0.3) is 15.9 Å².